The molecule has 0 radical (unpaired) electrons. The molecule has 0 aliphatic carbocycles. The predicted octanol–water partition coefficient (Wildman–Crippen LogP) is 5.33. The van der Waals surface area contributed by atoms with Crippen LogP contribution >= 0.6 is 22.9 Å². The van der Waals surface area contributed by atoms with E-state index in [0.29, 0.717) is 5.69 Å². The van der Waals surface area contributed by atoms with Crippen LogP contribution < -0.4 is 5.32 Å². The summed E-state index contributed by atoms with van der Waals surface area (Å²) in [4.78, 5) is 22.0. The van der Waals surface area contributed by atoms with Gasteiger partial charge in [-0.05, 0) is 36.4 Å². The molecular formula is C20H13ClFN3OS. The van der Waals surface area contributed by atoms with Gasteiger partial charge in [-0.15, -0.1) is 0 Å². The standard InChI is InChI=1S/C20H13ClFN3OS/c21-15-6-2-7-16(22)14(15)11-18(26)24-13-5-1-4-12(10-13)19-25-17-8-3-9-23-20(17)27-19/h1-10H,11H2,(H,24,26). The zero-order valence-electron chi connectivity index (χ0n) is 13.9. The summed E-state index contributed by atoms with van der Waals surface area (Å²) in [6.45, 7) is 0. The van der Waals surface area contributed by atoms with Crippen molar-refractivity contribution >= 4 is 44.9 Å². The number of hydrogen-bond acceptors (Lipinski definition) is 4. The maximum Gasteiger partial charge on any atom is 0.228 e. The van der Waals surface area contributed by atoms with E-state index < -0.39 is 5.82 Å². The van der Waals surface area contributed by atoms with Crippen LogP contribution in [0.2, 0.25) is 5.02 Å². The second kappa shape index (κ2) is 7.42. The second-order valence-corrected chi connectivity index (χ2v) is 7.24. The highest BCUT2D eigenvalue weighted by Crippen LogP contribution is 2.30. The van der Waals surface area contributed by atoms with Crippen LogP contribution in [0.1, 0.15) is 5.56 Å². The van der Waals surface area contributed by atoms with Crippen LogP contribution in [0.4, 0.5) is 10.1 Å². The Morgan fingerprint density at radius 3 is 2.81 bits per heavy atom. The van der Waals surface area contributed by atoms with Crippen LogP contribution in [0, 0.1) is 5.82 Å². The fourth-order valence-corrected chi connectivity index (χ4v) is 3.82. The molecule has 0 unspecified atom stereocenters. The smallest absolute Gasteiger partial charge is 0.228 e. The Labute approximate surface area is 163 Å². The molecule has 4 aromatic rings. The fourth-order valence-electron chi connectivity index (χ4n) is 2.69. The second-order valence-electron chi connectivity index (χ2n) is 5.85. The molecule has 0 aliphatic rings. The summed E-state index contributed by atoms with van der Waals surface area (Å²) in [6.07, 6.45) is 1.59. The zero-order chi connectivity index (χ0) is 18.8. The number of fused-ring (bicyclic) bond motifs is 1. The summed E-state index contributed by atoms with van der Waals surface area (Å²) in [5, 5.41) is 3.84. The van der Waals surface area contributed by atoms with E-state index in [2.05, 4.69) is 15.3 Å². The maximum absolute atomic E-state index is 13.9. The summed E-state index contributed by atoms with van der Waals surface area (Å²) in [6, 6.07) is 15.5. The van der Waals surface area contributed by atoms with Gasteiger partial charge in [0.25, 0.3) is 0 Å². The molecule has 134 valence electrons. The number of rotatable bonds is 4. The first-order valence-electron chi connectivity index (χ1n) is 8.15. The molecule has 0 bridgehead atoms. The third-order valence-corrected chi connectivity index (χ3v) is 5.34. The fraction of sp³-hybridized carbons (Fsp3) is 0.0500. The summed E-state index contributed by atoms with van der Waals surface area (Å²) in [5.41, 5.74) is 2.50. The van der Waals surface area contributed by atoms with Gasteiger partial charge >= 0.3 is 0 Å². The number of nitrogens with zero attached hydrogens (tertiary/aromatic N) is 2. The molecule has 0 fully saturated rings. The van der Waals surface area contributed by atoms with E-state index in [1.54, 1.807) is 18.3 Å². The van der Waals surface area contributed by atoms with E-state index in [9.17, 15) is 9.18 Å². The van der Waals surface area contributed by atoms with Crippen LogP contribution in [0.25, 0.3) is 20.9 Å². The van der Waals surface area contributed by atoms with Crippen LogP contribution in [0.15, 0.2) is 60.8 Å². The van der Waals surface area contributed by atoms with Crippen LogP contribution in [-0.2, 0) is 11.2 Å². The van der Waals surface area contributed by atoms with Crippen molar-refractivity contribution in [2.24, 2.45) is 0 Å². The van der Waals surface area contributed by atoms with E-state index in [-0.39, 0.29) is 22.9 Å². The van der Waals surface area contributed by atoms with Crippen molar-refractivity contribution in [2.45, 2.75) is 6.42 Å². The van der Waals surface area contributed by atoms with Gasteiger partial charge in [0.05, 0.1) is 6.42 Å². The van der Waals surface area contributed by atoms with Crippen molar-refractivity contribution < 1.29 is 9.18 Å². The molecule has 0 saturated heterocycles. The van der Waals surface area contributed by atoms with Crippen LogP contribution in [-0.4, -0.2) is 15.9 Å². The molecule has 2 aromatic carbocycles. The monoisotopic (exact) mass is 397 g/mol. The van der Waals surface area contributed by atoms with Crippen molar-refractivity contribution in [1.29, 1.82) is 0 Å². The lowest BCUT2D eigenvalue weighted by Gasteiger charge is -2.08. The number of hydrogen-bond donors (Lipinski definition) is 1. The van der Waals surface area contributed by atoms with Crippen molar-refractivity contribution in [3.63, 3.8) is 0 Å². The first kappa shape index (κ1) is 17.6. The number of carbonyl (C=O) groups excluding carboxylic acids is 1. The van der Waals surface area contributed by atoms with Gasteiger partial charge in [-0.3, -0.25) is 4.79 Å². The minimum atomic E-state index is -0.492. The number of halogens is 2. The number of benzene rings is 2. The topological polar surface area (TPSA) is 54.9 Å². The number of aromatic nitrogens is 2. The van der Waals surface area contributed by atoms with Gasteiger partial charge in [0.1, 0.15) is 21.2 Å². The molecule has 1 N–H and O–H groups in total. The Bertz CT molecular complexity index is 1090. The minimum absolute atomic E-state index is 0.138. The maximum atomic E-state index is 13.9. The first-order valence-corrected chi connectivity index (χ1v) is 9.34. The summed E-state index contributed by atoms with van der Waals surface area (Å²) in [5.74, 6) is -0.835. The Hall–Kier alpha value is -2.83. The van der Waals surface area contributed by atoms with Crippen LogP contribution in [0.3, 0.4) is 0 Å². The quantitative estimate of drug-likeness (QED) is 0.506. The van der Waals surface area contributed by atoms with Gasteiger partial charge in [0.2, 0.25) is 5.91 Å². The average molecular weight is 398 g/mol. The van der Waals surface area contributed by atoms with Gasteiger partial charge in [-0.2, -0.15) is 0 Å². The van der Waals surface area contributed by atoms with E-state index in [4.69, 9.17) is 11.6 Å². The third-order valence-electron chi connectivity index (χ3n) is 3.96. The molecule has 4 rings (SSSR count). The van der Waals surface area contributed by atoms with Crippen molar-refractivity contribution in [2.75, 3.05) is 5.32 Å². The molecule has 2 heterocycles. The van der Waals surface area contributed by atoms with Crippen molar-refractivity contribution in [3.05, 3.63) is 77.2 Å². The van der Waals surface area contributed by atoms with Gasteiger partial charge in [-0.1, -0.05) is 41.1 Å². The molecule has 0 saturated carbocycles. The Kier molecular flexibility index (Phi) is 4.83. The number of pyridine rings is 1. The lowest BCUT2D eigenvalue weighted by atomic mass is 10.1. The number of amides is 1. The largest absolute Gasteiger partial charge is 0.326 e. The highest BCUT2D eigenvalue weighted by molar-refractivity contribution is 7.21. The van der Waals surface area contributed by atoms with Gasteiger partial charge < -0.3 is 5.32 Å². The van der Waals surface area contributed by atoms with Gasteiger partial charge in [-0.25, -0.2) is 14.4 Å². The predicted molar refractivity (Wildman–Crippen MR) is 107 cm³/mol. The lowest BCUT2D eigenvalue weighted by molar-refractivity contribution is -0.115. The number of carbonyl (C=O) groups is 1. The number of nitrogens with one attached hydrogen (secondary N) is 1. The first-order chi connectivity index (χ1) is 13.1. The molecule has 1 amide bonds. The molecular weight excluding hydrogens is 385 g/mol. The average Bonchev–Trinajstić information content (AvgIpc) is 3.09. The van der Waals surface area contributed by atoms with Gasteiger partial charge in [0, 0.05) is 28.0 Å². The van der Waals surface area contributed by atoms with Crippen molar-refractivity contribution in [1.82, 2.24) is 9.97 Å². The van der Waals surface area contributed by atoms with E-state index in [1.165, 1.54) is 23.5 Å². The summed E-state index contributed by atoms with van der Waals surface area (Å²) in [7, 11) is 0. The molecule has 27 heavy (non-hydrogen) atoms. The highest BCUT2D eigenvalue weighted by atomic mass is 35.5. The molecule has 0 spiro atoms. The van der Waals surface area contributed by atoms with Gasteiger partial charge in [0.15, 0.2) is 0 Å². The molecule has 0 aliphatic heterocycles. The number of anilines is 1. The Balaban J connectivity index is 1.55. The molecule has 7 heteroatoms. The minimum Gasteiger partial charge on any atom is -0.326 e. The Morgan fingerprint density at radius 2 is 2.00 bits per heavy atom. The number of thiazole rings is 1. The lowest BCUT2D eigenvalue weighted by Crippen LogP contribution is -2.15. The van der Waals surface area contributed by atoms with Crippen molar-refractivity contribution in [3.8, 4) is 10.6 Å². The van der Waals surface area contributed by atoms with E-state index >= 15 is 0 Å². The highest BCUT2D eigenvalue weighted by Gasteiger charge is 2.13. The molecule has 0 atom stereocenters. The van der Waals surface area contributed by atoms with Crippen LogP contribution in [0.5, 0.6) is 0 Å². The Morgan fingerprint density at radius 1 is 1.15 bits per heavy atom. The third kappa shape index (κ3) is 3.82. The van der Waals surface area contributed by atoms with E-state index in [0.717, 1.165) is 20.9 Å². The molecule has 2 aromatic heterocycles. The normalized spacial score (nSPS) is 10.9. The zero-order valence-corrected chi connectivity index (χ0v) is 15.5. The summed E-state index contributed by atoms with van der Waals surface area (Å²) >= 11 is 7.47. The van der Waals surface area contributed by atoms with E-state index in [1.807, 2.05) is 30.3 Å². The molecule has 4 nitrogen and oxygen atoms in total. The SMILES string of the molecule is O=C(Cc1c(F)cccc1Cl)Nc1cccc(-c2nc3cccnc3s2)c1. The summed E-state index contributed by atoms with van der Waals surface area (Å²) < 4.78 is 13.9.